The zero-order valence-corrected chi connectivity index (χ0v) is 14.1. The minimum atomic E-state index is -0.450. The Balaban J connectivity index is 1.99. The number of carbonyl (C=O) groups is 2. The maximum absolute atomic E-state index is 12.2. The summed E-state index contributed by atoms with van der Waals surface area (Å²) in [6.07, 6.45) is 5.33. The number of fused-ring (bicyclic) bond motifs is 3. The fourth-order valence-corrected chi connectivity index (χ4v) is 3.42. The molecule has 124 valence electrons. The summed E-state index contributed by atoms with van der Waals surface area (Å²) < 4.78 is 0. The van der Waals surface area contributed by atoms with Crippen LogP contribution in [0.15, 0.2) is 48.5 Å². The van der Waals surface area contributed by atoms with Crippen LogP contribution in [0.4, 0.5) is 5.69 Å². The molecule has 3 aromatic rings. The lowest BCUT2D eigenvalue weighted by atomic mass is 9.90. The van der Waals surface area contributed by atoms with Gasteiger partial charge in [-0.25, -0.2) is 0 Å². The maximum Gasteiger partial charge on any atom is 0.233 e. The van der Waals surface area contributed by atoms with Crippen LogP contribution < -0.4 is 5.32 Å². The van der Waals surface area contributed by atoms with Crippen molar-refractivity contribution >= 4 is 44.9 Å². The van der Waals surface area contributed by atoms with Crippen molar-refractivity contribution in [1.29, 1.82) is 0 Å². The standard InChI is InChI=1S/C22H19NO2/c1-2-3-10-23-21-17-7-5-4-6-14(17)11-16-13-19-15(12-18(16)21)8-9-20(24)22(19)25/h4-9,11-13,23H,2-3,10H2,1H3. The van der Waals surface area contributed by atoms with E-state index in [1.165, 1.54) is 11.5 Å². The smallest absolute Gasteiger partial charge is 0.233 e. The Morgan fingerprint density at radius 2 is 1.76 bits per heavy atom. The van der Waals surface area contributed by atoms with Gasteiger partial charge in [-0.3, -0.25) is 9.59 Å². The molecule has 0 bridgehead atoms. The molecule has 0 spiro atoms. The van der Waals surface area contributed by atoms with Gasteiger partial charge in [0.2, 0.25) is 11.6 Å². The number of Topliss-reactive ketones (excluding diaryl/α,β-unsaturated/α-hetero) is 1. The molecule has 0 fully saturated rings. The third-order valence-corrected chi connectivity index (χ3v) is 4.75. The predicted octanol–water partition coefficient (Wildman–Crippen LogP) is 4.98. The molecule has 0 heterocycles. The molecule has 1 N–H and O–H groups in total. The van der Waals surface area contributed by atoms with Gasteiger partial charge in [-0.15, -0.1) is 0 Å². The summed E-state index contributed by atoms with van der Waals surface area (Å²) in [5.74, 6) is -0.873. The summed E-state index contributed by atoms with van der Waals surface area (Å²) in [6, 6.07) is 14.2. The van der Waals surface area contributed by atoms with Gasteiger partial charge < -0.3 is 5.32 Å². The van der Waals surface area contributed by atoms with Crippen molar-refractivity contribution in [2.24, 2.45) is 0 Å². The SMILES string of the molecule is CCCCNc1c2ccccc2cc2cc3c(cc12)C=CC(=O)C3=O. The highest BCUT2D eigenvalue weighted by atomic mass is 16.2. The van der Waals surface area contributed by atoms with Crippen LogP contribution in [0.25, 0.3) is 27.6 Å². The van der Waals surface area contributed by atoms with Crippen LogP contribution in [0.1, 0.15) is 35.7 Å². The lowest BCUT2D eigenvalue weighted by Gasteiger charge is -2.16. The molecule has 1 aliphatic carbocycles. The van der Waals surface area contributed by atoms with Gasteiger partial charge in [0, 0.05) is 28.6 Å². The van der Waals surface area contributed by atoms with Gasteiger partial charge in [-0.1, -0.05) is 43.7 Å². The zero-order valence-electron chi connectivity index (χ0n) is 14.1. The highest BCUT2D eigenvalue weighted by molar-refractivity contribution is 6.50. The summed E-state index contributed by atoms with van der Waals surface area (Å²) in [4.78, 5) is 23.9. The van der Waals surface area contributed by atoms with Crippen molar-refractivity contribution in [2.75, 3.05) is 11.9 Å². The Kier molecular flexibility index (Phi) is 3.85. The normalized spacial score (nSPS) is 13.5. The minimum Gasteiger partial charge on any atom is -0.384 e. The average Bonchev–Trinajstić information content (AvgIpc) is 2.63. The second kappa shape index (κ2) is 6.17. The highest BCUT2D eigenvalue weighted by Gasteiger charge is 2.22. The van der Waals surface area contributed by atoms with Crippen LogP contribution in [0.5, 0.6) is 0 Å². The number of carbonyl (C=O) groups excluding carboxylic acids is 2. The lowest BCUT2D eigenvalue weighted by molar-refractivity contribution is -0.110. The summed E-state index contributed by atoms with van der Waals surface area (Å²) >= 11 is 0. The summed E-state index contributed by atoms with van der Waals surface area (Å²) in [7, 11) is 0. The zero-order chi connectivity index (χ0) is 17.4. The summed E-state index contributed by atoms with van der Waals surface area (Å²) in [5, 5.41) is 7.94. The van der Waals surface area contributed by atoms with Crippen LogP contribution in [0.3, 0.4) is 0 Å². The molecule has 3 aromatic carbocycles. The Hall–Kier alpha value is -2.94. The number of rotatable bonds is 4. The van der Waals surface area contributed by atoms with E-state index in [1.54, 1.807) is 6.08 Å². The Labute approximate surface area is 146 Å². The third-order valence-electron chi connectivity index (χ3n) is 4.75. The van der Waals surface area contributed by atoms with Crippen molar-refractivity contribution < 1.29 is 9.59 Å². The maximum atomic E-state index is 12.2. The average molecular weight is 329 g/mol. The van der Waals surface area contributed by atoms with Gasteiger partial charge in [-0.2, -0.15) is 0 Å². The van der Waals surface area contributed by atoms with E-state index >= 15 is 0 Å². The van der Waals surface area contributed by atoms with Crippen molar-refractivity contribution in [1.82, 2.24) is 0 Å². The largest absolute Gasteiger partial charge is 0.384 e. The van der Waals surface area contributed by atoms with E-state index in [2.05, 4.69) is 30.4 Å². The first-order chi connectivity index (χ1) is 12.2. The van der Waals surface area contributed by atoms with Crippen LogP contribution in [-0.2, 0) is 4.79 Å². The monoisotopic (exact) mass is 329 g/mol. The van der Waals surface area contributed by atoms with E-state index in [9.17, 15) is 9.59 Å². The number of unbranched alkanes of at least 4 members (excludes halogenated alkanes) is 1. The molecule has 0 saturated carbocycles. The molecule has 0 saturated heterocycles. The fraction of sp³-hybridized carbons (Fsp3) is 0.182. The fourth-order valence-electron chi connectivity index (χ4n) is 3.42. The second-order valence-electron chi connectivity index (χ2n) is 6.44. The first-order valence-electron chi connectivity index (χ1n) is 8.69. The van der Waals surface area contributed by atoms with Crippen molar-refractivity contribution in [3.05, 3.63) is 59.7 Å². The second-order valence-corrected chi connectivity index (χ2v) is 6.44. The van der Waals surface area contributed by atoms with Gasteiger partial charge >= 0.3 is 0 Å². The number of hydrogen-bond acceptors (Lipinski definition) is 3. The number of ketones is 2. The van der Waals surface area contributed by atoms with Crippen LogP contribution >= 0.6 is 0 Å². The molecule has 0 amide bonds. The number of anilines is 1. The molecule has 3 nitrogen and oxygen atoms in total. The highest BCUT2D eigenvalue weighted by Crippen LogP contribution is 2.35. The molecule has 0 atom stereocenters. The number of hydrogen-bond donors (Lipinski definition) is 1. The number of benzene rings is 3. The first-order valence-corrected chi connectivity index (χ1v) is 8.69. The van der Waals surface area contributed by atoms with Gasteiger partial charge in [0.05, 0.1) is 0 Å². The Morgan fingerprint density at radius 1 is 0.920 bits per heavy atom. The van der Waals surface area contributed by atoms with Crippen molar-refractivity contribution in [3.63, 3.8) is 0 Å². The molecule has 3 heteroatoms. The quantitative estimate of drug-likeness (QED) is 0.417. The summed E-state index contributed by atoms with van der Waals surface area (Å²) in [6.45, 7) is 3.08. The van der Waals surface area contributed by atoms with E-state index in [1.807, 2.05) is 24.3 Å². The van der Waals surface area contributed by atoms with Crippen molar-refractivity contribution in [2.45, 2.75) is 19.8 Å². The van der Waals surface area contributed by atoms with Gasteiger partial charge in [0.1, 0.15) is 0 Å². The van der Waals surface area contributed by atoms with E-state index in [4.69, 9.17) is 0 Å². The lowest BCUT2D eigenvalue weighted by Crippen LogP contribution is -2.16. The van der Waals surface area contributed by atoms with Crippen LogP contribution in [-0.4, -0.2) is 18.1 Å². The van der Waals surface area contributed by atoms with E-state index < -0.39 is 11.6 Å². The van der Waals surface area contributed by atoms with E-state index in [0.717, 1.165) is 46.8 Å². The minimum absolute atomic E-state index is 0.423. The molecule has 1 aliphatic rings. The molecule has 0 aliphatic heterocycles. The molecule has 4 rings (SSSR count). The predicted molar refractivity (Wildman–Crippen MR) is 103 cm³/mol. The summed E-state index contributed by atoms with van der Waals surface area (Å²) in [5.41, 5.74) is 2.41. The first kappa shape index (κ1) is 15.6. The van der Waals surface area contributed by atoms with Crippen molar-refractivity contribution in [3.8, 4) is 0 Å². The third kappa shape index (κ3) is 2.62. The Morgan fingerprint density at radius 3 is 2.60 bits per heavy atom. The van der Waals surface area contributed by atoms with Gasteiger partial charge in [0.15, 0.2) is 0 Å². The molecule has 0 radical (unpaired) electrons. The molecule has 0 unspecified atom stereocenters. The van der Waals surface area contributed by atoms with Gasteiger partial charge in [-0.05, 0) is 47.0 Å². The topological polar surface area (TPSA) is 46.2 Å². The molecule has 25 heavy (non-hydrogen) atoms. The number of allylic oxidation sites excluding steroid dienone is 1. The molecular weight excluding hydrogens is 310 g/mol. The van der Waals surface area contributed by atoms with E-state index in [-0.39, 0.29) is 0 Å². The molecular formula is C22H19NO2. The van der Waals surface area contributed by atoms with Gasteiger partial charge in [0.25, 0.3) is 0 Å². The Bertz CT molecular complexity index is 1050. The number of nitrogens with one attached hydrogen (secondary N) is 1. The van der Waals surface area contributed by atoms with Crippen LogP contribution in [0.2, 0.25) is 0 Å². The van der Waals surface area contributed by atoms with E-state index in [0.29, 0.717) is 5.56 Å². The van der Waals surface area contributed by atoms with Crippen LogP contribution in [0, 0.1) is 0 Å². The molecule has 0 aromatic heterocycles.